The fourth-order valence-electron chi connectivity index (χ4n) is 1.54. The minimum absolute atomic E-state index is 0.0354. The van der Waals surface area contributed by atoms with Crippen LogP contribution in [0.1, 0.15) is 20.3 Å². The lowest BCUT2D eigenvalue weighted by Crippen LogP contribution is -2.30. The molecule has 0 saturated carbocycles. The fraction of sp³-hybridized carbons (Fsp3) is 0.462. The van der Waals surface area contributed by atoms with Gasteiger partial charge >= 0.3 is 0 Å². The summed E-state index contributed by atoms with van der Waals surface area (Å²) in [7, 11) is -3.29. The van der Waals surface area contributed by atoms with Gasteiger partial charge in [0.2, 0.25) is 5.91 Å². The number of hydrogen-bond donors (Lipinski definition) is 2. The Morgan fingerprint density at radius 2 is 1.89 bits per heavy atom. The fourth-order valence-corrected chi connectivity index (χ4v) is 2.61. The highest BCUT2D eigenvalue weighted by atomic mass is 32.2. The van der Waals surface area contributed by atoms with E-state index < -0.39 is 9.84 Å². The van der Waals surface area contributed by atoms with Gasteiger partial charge in [0, 0.05) is 6.54 Å². The van der Waals surface area contributed by atoms with Crippen molar-refractivity contribution in [2.24, 2.45) is 0 Å². The molecule has 0 bridgehead atoms. The zero-order chi connectivity index (χ0) is 14.3. The Balaban J connectivity index is 2.77. The second-order valence-electron chi connectivity index (χ2n) is 4.10. The maximum Gasteiger partial charge on any atom is 0.239 e. The van der Waals surface area contributed by atoms with Crippen molar-refractivity contribution >= 4 is 21.4 Å². The molecule has 0 radical (unpaired) electrons. The van der Waals surface area contributed by atoms with Crippen LogP contribution in [0.3, 0.4) is 0 Å². The van der Waals surface area contributed by atoms with Crippen LogP contribution < -0.4 is 10.6 Å². The molecule has 0 spiro atoms. The van der Waals surface area contributed by atoms with E-state index in [0.29, 0.717) is 12.2 Å². The van der Waals surface area contributed by atoms with E-state index in [4.69, 9.17) is 0 Å². The summed E-state index contributed by atoms with van der Waals surface area (Å²) in [5.41, 5.74) is 0.469. The average Bonchev–Trinajstić information content (AvgIpc) is 2.43. The van der Waals surface area contributed by atoms with Crippen LogP contribution in [0.2, 0.25) is 0 Å². The van der Waals surface area contributed by atoms with Crippen LogP contribution in [0.15, 0.2) is 29.2 Å². The van der Waals surface area contributed by atoms with Gasteiger partial charge in [-0.25, -0.2) is 8.42 Å². The molecule has 0 aliphatic carbocycles. The van der Waals surface area contributed by atoms with Crippen molar-refractivity contribution in [1.82, 2.24) is 5.32 Å². The third-order valence-electron chi connectivity index (χ3n) is 2.61. The van der Waals surface area contributed by atoms with E-state index in [1.165, 1.54) is 0 Å². The molecule has 0 fully saturated rings. The molecule has 6 heteroatoms. The van der Waals surface area contributed by atoms with Gasteiger partial charge in [-0.3, -0.25) is 4.79 Å². The highest BCUT2D eigenvalue weighted by molar-refractivity contribution is 7.91. The Morgan fingerprint density at radius 1 is 1.21 bits per heavy atom. The summed E-state index contributed by atoms with van der Waals surface area (Å²) in [6.45, 7) is 4.25. The summed E-state index contributed by atoms with van der Waals surface area (Å²) in [6.07, 6.45) is 0.868. The number of carbonyl (C=O) groups is 1. The smallest absolute Gasteiger partial charge is 0.239 e. The Labute approximate surface area is 114 Å². The second kappa shape index (κ2) is 7.13. The first-order valence-electron chi connectivity index (χ1n) is 6.33. The number of para-hydroxylation sites is 1. The summed E-state index contributed by atoms with van der Waals surface area (Å²) >= 11 is 0. The van der Waals surface area contributed by atoms with Crippen molar-refractivity contribution in [2.45, 2.75) is 25.2 Å². The summed E-state index contributed by atoms with van der Waals surface area (Å²) in [6, 6.07) is 6.62. The molecule has 5 nitrogen and oxygen atoms in total. The van der Waals surface area contributed by atoms with Gasteiger partial charge in [-0.1, -0.05) is 26.0 Å². The molecule has 0 heterocycles. The van der Waals surface area contributed by atoms with Crippen molar-refractivity contribution in [1.29, 1.82) is 0 Å². The largest absolute Gasteiger partial charge is 0.375 e. The molecule has 1 aromatic rings. The molecule has 106 valence electrons. The van der Waals surface area contributed by atoms with Gasteiger partial charge in [-0.15, -0.1) is 0 Å². The molecule has 1 amide bonds. The molecule has 0 aliphatic rings. The van der Waals surface area contributed by atoms with Gasteiger partial charge in [-0.05, 0) is 18.6 Å². The Hall–Kier alpha value is -1.56. The van der Waals surface area contributed by atoms with Crippen molar-refractivity contribution in [3.05, 3.63) is 24.3 Å². The Bertz CT molecular complexity index is 526. The zero-order valence-corrected chi connectivity index (χ0v) is 12.1. The van der Waals surface area contributed by atoms with Crippen LogP contribution in [0.4, 0.5) is 5.69 Å². The second-order valence-corrected chi connectivity index (χ2v) is 6.35. The lowest BCUT2D eigenvalue weighted by molar-refractivity contribution is -0.119. The van der Waals surface area contributed by atoms with Crippen LogP contribution in [0.25, 0.3) is 0 Å². The van der Waals surface area contributed by atoms with Crippen LogP contribution >= 0.6 is 0 Å². The number of carbonyl (C=O) groups excluding carboxylic acids is 1. The van der Waals surface area contributed by atoms with E-state index in [0.717, 1.165) is 6.42 Å². The van der Waals surface area contributed by atoms with Crippen LogP contribution in [-0.2, 0) is 14.6 Å². The first-order chi connectivity index (χ1) is 9.01. The molecule has 0 aromatic heterocycles. The third-order valence-corrected chi connectivity index (χ3v) is 4.40. The van der Waals surface area contributed by atoms with E-state index >= 15 is 0 Å². The molecule has 0 saturated heterocycles. The lowest BCUT2D eigenvalue weighted by atomic mass is 10.3. The summed E-state index contributed by atoms with van der Waals surface area (Å²) in [5.74, 6) is -0.112. The Kier molecular flexibility index (Phi) is 5.82. The standard InChI is InChI=1S/C13H20N2O3S/c1-3-9-14-13(16)10-15-11-7-5-6-8-12(11)19(17,18)4-2/h5-8,15H,3-4,9-10H2,1-2H3,(H,14,16). The van der Waals surface area contributed by atoms with Crippen molar-refractivity contribution in [3.63, 3.8) is 0 Å². The molecule has 1 rings (SSSR count). The number of hydrogen-bond acceptors (Lipinski definition) is 4. The number of sulfone groups is 1. The lowest BCUT2D eigenvalue weighted by Gasteiger charge is -2.11. The third kappa shape index (κ3) is 4.55. The normalized spacial score (nSPS) is 11.1. The van der Waals surface area contributed by atoms with Crippen LogP contribution in [-0.4, -0.2) is 33.2 Å². The number of rotatable bonds is 7. The molecule has 2 N–H and O–H groups in total. The summed E-state index contributed by atoms with van der Waals surface area (Å²) in [4.78, 5) is 11.7. The van der Waals surface area contributed by atoms with E-state index in [-0.39, 0.29) is 23.1 Å². The average molecular weight is 284 g/mol. The predicted molar refractivity (Wildman–Crippen MR) is 76.0 cm³/mol. The maximum atomic E-state index is 11.9. The van der Waals surface area contributed by atoms with Gasteiger partial charge in [0.1, 0.15) is 0 Å². The number of benzene rings is 1. The van der Waals surface area contributed by atoms with Crippen molar-refractivity contribution in [3.8, 4) is 0 Å². The minimum Gasteiger partial charge on any atom is -0.375 e. The first-order valence-corrected chi connectivity index (χ1v) is 7.98. The first kappa shape index (κ1) is 15.5. The van der Waals surface area contributed by atoms with E-state index in [9.17, 15) is 13.2 Å². The summed E-state index contributed by atoms with van der Waals surface area (Å²) < 4.78 is 23.8. The van der Waals surface area contributed by atoms with Gasteiger partial charge in [0.25, 0.3) is 0 Å². The van der Waals surface area contributed by atoms with Gasteiger partial charge in [-0.2, -0.15) is 0 Å². The quantitative estimate of drug-likeness (QED) is 0.794. The van der Waals surface area contributed by atoms with Crippen molar-refractivity contribution < 1.29 is 13.2 Å². The predicted octanol–water partition coefficient (Wildman–Crippen LogP) is 1.42. The van der Waals surface area contributed by atoms with E-state index in [2.05, 4.69) is 10.6 Å². The number of amides is 1. The topological polar surface area (TPSA) is 75.3 Å². The number of nitrogens with one attached hydrogen (secondary N) is 2. The molecule has 19 heavy (non-hydrogen) atoms. The molecule has 1 aromatic carbocycles. The molecule has 0 atom stereocenters. The van der Waals surface area contributed by atoms with Crippen LogP contribution in [0.5, 0.6) is 0 Å². The highest BCUT2D eigenvalue weighted by Crippen LogP contribution is 2.21. The zero-order valence-electron chi connectivity index (χ0n) is 11.3. The van der Waals surface area contributed by atoms with Crippen molar-refractivity contribution in [2.75, 3.05) is 24.2 Å². The van der Waals surface area contributed by atoms with Gasteiger partial charge < -0.3 is 10.6 Å². The molecule has 0 aliphatic heterocycles. The van der Waals surface area contributed by atoms with Gasteiger partial charge in [0.15, 0.2) is 9.84 Å². The summed E-state index contributed by atoms with van der Waals surface area (Å²) in [5, 5.41) is 5.60. The van der Waals surface area contributed by atoms with Gasteiger partial charge in [0.05, 0.1) is 22.9 Å². The monoisotopic (exact) mass is 284 g/mol. The maximum absolute atomic E-state index is 11.9. The minimum atomic E-state index is -3.29. The SMILES string of the molecule is CCCNC(=O)CNc1ccccc1S(=O)(=O)CC. The number of anilines is 1. The van der Waals surface area contributed by atoms with E-state index in [1.54, 1.807) is 31.2 Å². The molecular formula is C13H20N2O3S. The molecular weight excluding hydrogens is 264 g/mol. The Morgan fingerprint density at radius 3 is 2.53 bits per heavy atom. The molecule has 0 unspecified atom stereocenters. The highest BCUT2D eigenvalue weighted by Gasteiger charge is 2.16. The van der Waals surface area contributed by atoms with E-state index in [1.807, 2.05) is 6.92 Å². The van der Waals surface area contributed by atoms with Crippen LogP contribution in [0, 0.1) is 0 Å².